The van der Waals surface area contributed by atoms with Crippen LogP contribution in [0.4, 0.5) is 0 Å². The van der Waals surface area contributed by atoms with E-state index >= 15 is 0 Å². The predicted molar refractivity (Wildman–Crippen MR) is 131 cm³/mol. The van der Waals surface area contributed by atoms with Gasteiger partial charge < -0.3 is 9.53 Å². The molecule has 5 nitrogen and oxygen atoms in total. The number of esters is 1. The van der Waals surface area contributed by atoms with Crippen molar-refractivity contribution < 1.29 is 19.1 Å². The minimum Gasteiger partial charge on any atom is -0.466 e. The molecule has 1 aromatic heterocycles. The van der Waals surface area contributed by atoms with E-state index in [1.165, 1.54) is 0 Å². The van der Waals surface area contributed by atoms with Crippen LogP contribution >= 0.6 is 0 Å². The van der Waals surface area contributed by atoms with Crippen molar-refractivity contribution >= 4 is 18.0 Å². The third-order valence-electron chi connectivity index (χ3n) is 6.07. The van der Waals surface area contributed by atoms with Crippen LogP contribution in [0.2, 0.25) is 0 Å². The van der Waals surface area contributed by atoms with E-state index < -0.39 is 17.3 Å². The number of rotatable bonds is 13. The Morgan fingerprint density at radius 2 is 1.53 bits per heavy atom. The third-order valence-corrected chi connectivity index (χ3v) is 6.07. The number of benzene rings is 2. The Kier molecular flexibility index (Phi) is 9.27. The number of hydrogen-bond acceptors (Lipinski definition) is 5. The maximum absolute atomic E-state index is 14.1. The average Bonchev–Trinajstić information content (AvgIpc) is 2.87. The molecule has 0 N–H and O–H groups in total. The van der Waals surface area contributed by atoms with E-state index in [1.807, 2.05) is 72.8 Å². The van der Waals surface area contributed by atoms with Gasteiger partial charge in [-0.05, 0) is 61.4 Å². The third kappa shape index (κ3) is 6.95. The van der Waals surface area contributed by atoms with Gasteiger partial charge in [-0.3, -0.25) is 14.6 Å². The normalized spacial score (nSPS) is 13.4. The van der Waals surface area contributed by atoms with Gasteiger partial charge in [0.1, 0.15) is 12.1 Å². The fourth-order valence-electron chi connectivity index (χ4n) is 4.33. The Morgan fingerprint density at radius 3 is 2.12 bits per heavy atom. The smallest absolute Gasteiger partial charge is 0.307 e. The molecule has 0 aliphatic carbocycles. The minimum atomic E-state index is -1.48. The van der Waals surface area contributed by atoms with Gasteiger partial charge in [0.2, 0.25) is 0 Å². The van der Waals surface area contributed by atoms with Crippen LogP contribution in [0.5, 0.6) is 0 Å². The molecule has 2 aromatic carbocycles. The van der Waals surface area contributed by atoms with Gasteiger partial charge in [0.05, 0.1) is 18.4 Å². The number of pyridine rings is 1. The summed E-state index contributed by atoms with van der Waals surface area (Å²) in [6.45, 7) is 1.91. The summed E-state index contributed by atoms with van der Waals surface area (Å²) in [6, 6.07) is 23.0. The summed E-state index contributed by atoms with van der Waals surface area (Å²) >= 11 is 0. The molecule has 1 heterocycles. The molecule has 0 saturated carbocycles. The first-order valence-corrected chi connectivity index (χ1v) is 11.7. The van der Waals surface area contributed by atoms with E-state index in [9.17, 15) is 14.4 Å². The molecule has 0 spiro atoms. The lowest BCUT2D eigenvalue weighted by molar-refractivity contribution is -0.152. The number of hydrogen-bond donors (Lipinski definition) is 0. The number of ketones is 1. The molecule has 5 heteroatoms. The molecule has 3 aromatic rings. The molecule has 0 aliphatic heterocycles. The Labute approximate surface area is 201 Å². The quantitative estimate of drug-likeness (QED) is 0.209. The van der Waals surface area contributed by atoms with E-state index in [0.717, 1.165) is 16.7 Å². The van der Waals surface area contributed by atoms with Crippen molar-refractivity contribution in [3.63, 3.8) is 0 Å². The van der Waals surface area contributed by atoms with Crippen LogP contribution in [0.15, 0.2) is 85.2 Å². The molecular formula is C29H31NO4. The van der Waals surface area contributed by atoms with Crippen LogP contribution in [-0.2, 0) is 38.4 Å². The first kappa shape index (κ1) is 25.0. The van der Waals surface area contributed by atoms with Crippen molar-refractivity contribution in [2.24, 2.45) is 11.3 Å². The van der Waals surface area contributed by atoms with Gasteiger partial charge in [-0.25, -0.2) is 0 Å². The highest BCUT2D eigenvalue weighted by Gasteiger charge is 2.44. The summed E-state index contributed by atoms with van der Waals surface area (Å²) in [5.41, 5.74) is 1.45. The highest BCUT2D eigenvalue weighted by molar-refractivity contribution is 6.02. The first-order chi connectivity index (χ1) is 16.6. The molecule has 0 amide bonds. The largest absolute Gasteiger partial charge is 0.466 e. The number of carbonyl (C=O) groups excluding carboxylic acids is 3. The molecule has 0 saturated heterocycles. The zero-order valence-electron chi connectivity index (χ0n) is 19.6. The molecular weight excluding hydrogens is 426 g/mol. The summed E-state index contributed by atoms with van der Waals surface area (Å²) in [6.07, 6.45) is 5.76. The molecule has 176 valence electrons. The molecule has 3 rings (SSSR count). The minimum absolute atomic E-state index is 0.162. The second-order valence-electron chi connectivity index (χ2n) is 8.56. The first-order valence-electron chi connectivity index (χ1n) is 11.7. The van der Waals surface area contributed by atoms with Gasteiger partial charge in [-0.1, -0.05) is 60.7 Å². The van der Waals surface area contributed by atoms with Crippen LogP contribution < -0.4 is 0 Å². The SMILES string of the molecule is CCOC(=O)CC(C=O)(Cc1ccccc1)C(=O)C(CCc1ccncc1)Cc1ccccc1. The second-order valence-corrected chi connectivity index (χ2v) is 8.56. The predicted octanol–water partition coefficient (Wildman–Crippen LogP) is 4.82. The van der Waals surface area contributed by atoms with Gasteiger partial charge in [0.25, 0.3) is 0 Å². The maximum Gasteiger partial charge on any atom is 0.307 e. The highest BCUT2D eigenvalue weighted by atomic mass is 16.5. The van der Waals surface area contributed by atoms with Crippen LogP contribution in [0.25, 0.3) is 0 Å². The van der Waals surface area contributed by atoms with Crippen LogP contribution in [0.1, 0.15) is 36.5 Å². The van der Waals surface area contributed by atoms with E-state index in [-0.39, 0.29) is 25.2 Å². The van der Waals surface area contributed by atoms with E-state index in [4.69, 9.17) is 4.74 Å². The fourth-order valence-corrected chi connectivity index (χ4v) is 4.33. The molecule has 2 atom stereocenters. The number of nitrogens with zero attached hydrogens (tertiary/aromatic N) is 1. The molecule has 2 unspecified atom stereocenters. The lowest BCUT2D eigenvalue weighted by atomic mass is 9.70. The Morgan fingerprint density at radius 1 is 0.912 bits per heavy atom. The van der Waals surface area contributed by atoms with E-state index in [2.05, 4.69) is 4.98 Å². The Bertz CT molecular complexity index is 1050. The lowest BCUT2D eigenvalue weighted by Crippen LogP contribution is -2.42. The molecule has 0 bridgehead atoms. The maximum atomic E-state index is 14.1. The summed E-state index contributed by atoms with van der Waals surface area (Å²) in [5.74, 6) is -1.18. The summed E-state index contributed by atoms with van der Waals surface area (Å²) < 4.78 is 5.16. The van der Waals surface area contributed by atoms with Gasteiger partial charge in [0, 0.05) is 18.3 Å². The second kappa shape index (κ2) is 12.6. The molecule has 0 fully saturated rings. The lowest BCUT2D eigenvalue weighted by Gasteiger charge is -2.30. The molecule has 0 radical (unpaired) electrons. The zero-order valence-corrected chi connectivity index (χ0v) is 19.6. The van der Waals surface area contributed by atoms with Crippen molar-refractivity contribution in [3.05, 3.63) is 102 Å². The zero-order chi connectivity index (χ0) is 24.2. The fraction of sp³-hybridized carbons (Fsp3) is 0.310. The van der Waals surface area contributed by atoms with Gasteiger partial charge in [0.15, 0.2) is 0 Å². The van der Waals surface area contributed by atoms with Gasteiger partial charge in [-0.2, -0.15) is 0 Å². The number of aromatic nitrogens is 1. The standard InChI is InChI=1S/C29H31NO4/c1-2-34-27(32)21-29(22-31,20-25-11-7-4-8-12-25)28(33)26(19-24-9-5-3-6-10-24)14-13-23-15-17-30-18-16-23/h3-12,15-18,22,26H,2,13-14,19-21H2,1H3. The Balaban J connectivity index is 1.94. The van der Waals surface area contributed by atoms with Crippen molar-refractivity contribution in [2.45, 2.75) is 39.0 Å². The van der Waals surface area contributed by atoms with Gasteiger partial charge >= 0.3 is 5.97 Å². The number of ether oxygens (including phenoxy) is 1. The average molecular weight is 458 g/mol. The number of Topliss-reactive ketones (excluding diaryl/α,β-unsaturated/α-hetero) is 1. The number of aldehydes is 1. The van der Waals surface area contributed by atoms with Crippen molar-refractivity contribution in [3.8, 4) is 0 Å². The highest BCUT2D eigenvalue weighted by Crippen LogP contribution is 2.33. The van der Waals surface area contributed by atoms with E-state index in [0.29, 0.717) is 25.5 Å². The monoisotopic (exact) mass is 457 g/mol. The van der Waals surface area contributed by atoms with Crippen molar-refractivity contribution in [1.29, 1.82) is 0 Å². The summed E-state index contributed by atoms with van der Waals surface area (Å²) in [5, 5.41) is 0. The van der Waals surface area contributed by atoms with Crippen molar-refractivity contribution in [1.82, 2.24) is 4.98 Å². The van der Waals surface area contributed by atoms with E-state index in [1.54, 1.807) is 19.3 Å². The number of aryl methyl sites for hydroxylation is 1. The Hall–Kier alpha value is -3.60. The van der Waals surface area contributed by atoms with Crippen molar-refractivity contribution in [2.75, 3.05) is 6.61 Å². The molecule has 0 aliphatic rings. The van der Waals surface area contributed by atoms with Crippen LogP contribution in [0, 0.1) is 11.3 Å². The number of carbonyl (C=O) groups is 3. The molecule has 34 heavy (non-hydrogen) atoms. The van der Waals surface area contributed by atoms with Crippen LogP contribution in [0.3, 0.4) is 0 Å². The van der Waals surface area contributed by atoms with Crippen LogP contribution in [-0.4, -0.2) is 29.6 Å². The van der Waals surface area contributed by atoms with Gasteiger partial charge in [-0.15, -0.1) is 0 Å². The summed E-state index contributed by atoms with van der Waals surface area (Å²) in [4.78, 5) is 43.3. The summed E-state index contributed by atoms with van der Waals surface area (Å²) in [7, 11) is 0. The topological polar surface area (TPSA) is 73.3 Å².